The highest BCUT2D eigenvalue weighted by Gasteiger charge is 2.08. The number of halogens is 2. The Labute approximate surface area is 127 Å². The first kappa shape index (κ1) is 13.9. The van der Waals surface area contributed by atoms with E-state index in [1.807, 2.05) is 42.5 Å². The van der Waals surface area contributed by atoms with E-state index in [1.54, 1.807) is 6.07 Å². The summed E-state index contributed by atoms with van der Waals surface area (Å²) >= 11 is 6.08. The molecule has 0 aromatic heterocycles. The summed E-state index contributed by atoms with van der Waals surface area (Å²) in [5, 5.41) is 2.22. The molecule has 0 aliphatic rings. The van der Waals surface area contributed by atoms with Gasteiger partial charge in [-0.25, -0.2) is 4.39 Å². The van der Waals surface area contributed by atoms with E-state index in [1.165, 1.54) is 12.1 Å². The maximum Gasteiger partial charge on any atom is 0.124 e. The van der Waals surface area contributed by atoms with Crippen LogP contribution in [-0.4, -0.2) is 0 Å². The zero-order valence-corrected chi connectivity index (χ0v) is 12.1. The Morgan fingerprint density at radius 2 is 1.81 bits per heavy atom. The molecule has 0 aliphatic carbocycles. The predicted molar refractivity (Wildman–Crippen MR) is 84.2 cm³/mol. The van der Waals surface area contributed by atoms with Crippen LogP contribution in [0, 0.1) is 5.82 Å². The highest BCUT2D eigenvalue weighted by atomic mass is 35.5. The molecule has 0 heterocycles. The molecule has 3 aromatic carbocycles. The molecule has 0 N–H and O–H groups in total. The molecule has 0 atom stereocenters. The van der Waals surface area contributed by atoms with Gasteiger partial charge in [-0.15, -0.1) is 11.6 Å². The van der Waals surface area contributed by atoms with Gasteiger partial charge in [-0.1, -0.05) is 42.5 Å². The van der Waals surface area contributed by atoms with Gasteiger partial charge in [0.15, 0.2) is 0 Å². The van der Waals surface area contributed by atoms with Crippen LogP contribution in [0.4, 0.5) is 4.39 Å². The van der Waals surface area contributed by atoms with Gasteiger partial charge < -0.3 is 4.74 Å². The van der Waals surface area contributed by atoms with Crippen molar-refractivity contribution in [2.24, 2.45) is 0 Å². The van der Waals surface area contributed by atoms with Crippen LogP contribution in [0.15, 0.2) is 60.7 Å². The topological polar surface area (TPSA) is 9.23 Å². The van der Waals surface area contributed by atoms with Gasteiger partial charge in [0.2, 0.25) is 0 Å². The van der Waals surface area contributed by atoms with Gasteiger partial charge in [0.25, 0.3) is 0 Å². The lowest BCUT2D eigenvalue weighted by atomic mass is 10.0. The van der Waals surface area contributed by atoms with Crippen molar-refractivity contribution in [1.29, 1.82) is 0 Å². The van der Waals surface area contributed by atoms with Crippen molar-refractivity contribution in [1.82, 2.24) is 0 Å². The van der Waals surface area contributed by atoms with Gasteiger partial charge in [-0.3, -0.25) is 0 Å². The van der Waals surface area contributed by atoms with Crippen LogP contribution in [0.5, 0.6) is 5.75 Å². The van der Waals surface area contributed by atoms with Crippen LogP contribution in [0.1, 0.15) is 11.1 Å². The van der Waals surface area contributed by atoms with Crippen LogP contribution in [-0.2, 0) is 12.5 Å². The van der Waals surface area contributed by atoms with Crippen molar-refractivity contribution in [3.05, 3.63) is 77.6 Å². The molecule has 21 heavy (non-hydrogen) atoms. The number of ether oxygens (including phenoxy) is 1. The summed E-state index contributed by atoms with van der Waals surface area (Å²) in [6.07, 6.45) is 0. The summed E-state index contributed by atoms with van der Waals surface area (Å²) in [6.45, 7) is 0.319. The lowest BCUT2D eigenvalue weighted by molar-refractivity contribution is 0.303. The number of fused-ring (bicyclic) bond motifs is 1. The zero-order valence-electron chi connectivity index (χ0n) is 11.4. The Balaban J connectivity index is 1.90. The van der Waals surface area contributed by atoms with Gasteiger partial charge in [-0.05, 0) is 34.5 Å². The standard InChI is InChI=1S/C18H14ClFO/c19-11-17-16-7-2-1-5-14(16)8-9-18(17)21-12-13-4-3-6-15(20)10-13/h1-10H,11-12H2. The molecule has 3 aromatic rings. The average Bonchev–Trinajstić information content (AvgIpc) is 2.52. The van der Waals surface area contributed by atoms with E-state index in [0.29, 0.717) is 12.5 Å². The summed E-state index contributed by atoms with van der Waals surface area (Å²) in [7, 11) is 0. The Morgan fingerprint density at radius 3 is 2.62 bits per heavy atom. The first-order chi connectivity index (χ1) is 10.3. The van der Waals surface area contributed by atoms with Gasteiger partial charge >= 0.3 is 0 Å². The number of alkyl halides is 1. The molecule has 0 bridgehead atoms. The minimum atomic E-state index is -0.257. The number of hydrogen-bond acceptors (Lipinski definition) is 1. The summed E-state index contributed by atoms with van der Waals surface area (Å²) in [5.41, 5.74) is 1.76. The van der Waals surface area contributed by atoms with E-state index in [4.69, 9.17) is 16.3 Å². The molecule has 0 radical (unpaired) electrons. The second kappa shape index (κ2) is 6.15. The molecule has 1 nitrogen and oxygen atoms in total. The van der Waals surface area contributed by atoms with Crippen LogP contribution in [0.25, 0.3) is 10.8 Å². The fraction of sp³-hybridized carbons (Fsp3) is 0.111. The van der Waals surface area contributed by atoms with Crippen molar-refractivity contribution >= 4 is 22.4 Å². The van der Waals surface area contributed by atoms with Crippen molar-refractivity contribution in [3.63, 3.8) is 0 Å². The fourth-order valence-corrected chi connectivity index (χ4v) is 2.65. The quantitative estimate of drug-likeness (QED) is 0.594. The number of hydrogen-bond donors (Lipinski definition) is 0. The van der Waals surface area contributed by atoms with Gasteiger partial charge in [0.1, 0.15) is 18.2 Å². The van der Waals surface area contributed by atoms with E-state index in [2.05, 4.69) is 0 Å². The maximum absolute atomic E-state index is 13.2. The number of benzene rings is 3. The Morgan fingerprint density at radius 1 is 0.952 bits per heavy atom. The lowest BCUT2D eigenvalue weighted by Crippen LogP contribution is -1.99. The largest absolute Gasteiger partial charge is 0.489 e. The Bertz CT molecular complexity index is 770. The van der Waals surface area contributed by atoms with E-state index in [9.17, 15) is 4.39 Å². The van der Waals surface area contributed by atoms with Gasteiger partial charge in [-0.2, -0.15) is 0 Å². The van der Waals surface area contributed by atoms with E-state index in [0.717, 1.165) is 27.6 Å². The Kier molecular flexibility index (Phi) is 4.07. The van der Waals surface area contributed by atoms with E-state index in [-0.39, 0.29) is 5.82 Å². The van der Waals surface area contributed by atoms with Crippen LogP contribution in [0.2, 0.25) is 0 Å². The van der Waals surface area contributed by atoms with Crippen molar-refractivity contribution < 1.29 is 9.13 Å². The summed E-state index contributed by atoms with van der Waals surface area (Å²) in [5.74, 6) is 0.861. The minimum Gasteiger partial charge on any atom is -0.489 e. The van der Waals surface area contributed by atoms with Gasteiger partial charge in [0, 0.05) is 5.56 Å². The van der Waals surface area contributed by atoms with Crippen LogP contribution >= 0.6 is 11.6 Å². The monoisotopic (exact) mass is 300 g/mol. The van der Waals surface area contributed by atoms with Crippen molar-refractivity contribution in [3.8, 4) is 5.75 Å². The highest BCUT2D eigenvalue weighted by Crippen LogP contribution is 2.30. The molecular weight excluding hydrogens is 287 g/mol. The SMILES string of the molecule is Fc1cccc(COc2ccc3ccccc3c2CCl)c1. The van der Waals surface area contributed by atoms with Crippen molar-refractivity contribution in [2.45, 2.75) is 12.5 Å². The number of rotatable bonds is 4. The molecule has 0 aliphatic heterocycles. The molecule has 0 saturated carbocycles. The predicted octanol–water partition coefficient (Wildman–Crippen LogP) is 5.30. The second-order valence-electron chi connectivity index (χ2n) is 4.82. The third kappa shape index (κ3) is 3.01. The second-order valence-corrected chi connectivity index (χ2v) is 5.08. The summed E-state index contributed by atoms with van der Waals surface area (Å²) < 4.78 is 19.0. The molecule has 106 valence electrons. The minimum absolute atomic E-state index is 0.257. The molecule has 0 unspecified atom stereocenters. The summed E-state index contributed by atoms with van der Waals surface area (Å²) in [6, 6.07) is 18.4. The fourth-order valence-electron chi connectivity index (χ4n) is 2.38. The lowest BCUT2D eigenvalue weighted by Gasteiger charge is -2.12. The normalized spacial score (nSPS) is 10.8. The molecule has 0 spiro atoms. The first-order valence-electron chi connectivity index (χ1n) is 6.72. The molecule has 0 amide bonds. The first-order valence-corrected chi connectivity index (χ1v) is 7.25. The van der Waals surface area contributed by atoms with Crippen molar-refractivity contribution in [2.75, 3.05) is 0 Å². The van der Waals surface area contributed by atoms with E-state index >= 15 is 0 Å². The highest BCUT2D eigenvalue weighted by molar-refractivity contribution is 6.18. The van der Waals surface area contributed by atoms with Crippen LogP contribution in [0.3, 0.4) is 0 Å². The molecular formula is C18H14ClFO. The summed E-state index contributed by atoms with van der Waals surface area (Å²) in [4.78, 5) is 0. The average molecular weight is 301 g/mol. The Hall–Kier alpha value is -2.06. The molecule has 3 rings (SSSR count). The maximum atomic E-state index is 13.2. The van der Waals surface area contributed by atoms with Crippen LogP contribution < -0.4 is 4.74 Å². The smallest absolute Gasteiger partial charge is 0.124 e. The third-order valence-electron chi connectivity index (χ3n) is 3.41. The third-order valence-corrected chi connectivity index (χ3v) is 3.68. The molecule has 0 fully saturated rings. The molecule has 3 heteroatoms. The molecule has 0 saturated heterocycles. The zero-order chi connectivity index (χ0) is 14.7. The van der Waals surface area contributed by atoms with E-state index < -0.39 is 0 Å². The van der Waals surface area contributed by atoms with Gasteiger partial charge in [0.05, 0.1) is 5.88 Å².